The molecule has 142 valence electrons. The molecule has 0 fully saturated rings. The topological polar surface area (TPSA) is 87.0 Å². The van der Waals surface area contributed by atoms with Crippen LogP contribution in [0.25, 0.3) is 0 Å². The average molecular weight is 401 g/mol. The van der Waals surface area contributed by atoms with Crippen LogP contribution in [-0.2, 0) is 4.57 Å². The molecule has 1 aromatic carbocycles. The second-order valence-electron chi connectivity index (χ2n) is 5.86. The van der Waals surface area contributed by atoms with Gasteiger partial charge in [0.1, 0.15) is 5.75 Å². The SMILES string of the molecule is CCCCCCCCCCCCOc1ccccc1.O=P(O)(O)O.[KH]. The number of benzene rings is 1. The zero-order valence-corrected chi connectivity index (χ0v) is 15.7. The van der Waals surface area contributed by atoms with Crippen molar-refractivity contribution < 1.29 is 24.0 Å². The van der Waals surface area contributed by atoms with Crippen molar-refractivity contribution in [2.75, 3.05) is 6.61 Å². The van der Waals surface area contributed by atoms with E-state index in [0.717, 1.165) is 12.4 Å². The van der Waals surface area contributed by atoms with Crippen LogP contribution < -0.4 is 4.74 Å². The molecule has 0 bridgehead atoms. The first-order valence-electron chi connectivity index (χ1n) is 8.89. The van der Waals surface area contributed by atoms with Crippen LogP contribution in [0.15, 0.2) is 30.3 Å². The van der Waals surface area contributed by atoms with Gasteiger partial charge in [-0.25, -0.2) is 4.57 Å². The van der Waals surface area contributed by atoms with E-state index in [-0.39, 0.29) is 51.4 Å². The number of unbranched alkanes of at least 4 members (excludes halogenated alkanes) is 9. The molecule has 5 nitrogen and oxygen atoms in total. The summed E-state index contributed by atoms with van der Waals surface area (Å²) in [5.41, 5.74) is 0. The molecule has 0 radical (unpaired) electrons. The molecule has 3 N–H and O–H groups in total. The van der Waals surface area contributed by atoms with Gasteiger partial charge in [-0.15, -0.1) is 0 Å². The van der Waals surface area contributed by atoms with E-state index in [4.69, 9.17) is 24.0 Å². The molecule has 0 heterocycles. The molecule has 0 saturated heterocycles. The predicted molar refractivity (Wildman–Crippen MR) is 105 cm³/mol. The van der Waals surface area contributed by atoms with Crippen molar-refractivity contribution in [3.05, 3.63) is 30.3 Å². The summed E-state index contributed by atoms with van der Waals surface area (Å²) in [6.07, 6.45) is 13.7. The van der Waals surface area contributed by atoms with Crippen LogP contribution in [0.5, 0.6) is 5.75 Å². The number of phosphoric acid groups is 1. The number of hydrogen-bond acceptors (Lipinski definition) is 2. The molecule has 7 heteroatoms. The minimum absolute atomic E-state index is 0. The maximum atomic E-state index is 8.88. The Bertz CT molecular complexity index is 416. The third kappa shape index (κ3) is 27.1. The summed E-state index contributed by atoms with van der Waals surface area (Å²) in [6, 6.07) is 10.1. The summed E-state index contributed by atoms with van der Waals surface area (Å²) < 4.78 is 14.6. The van der Waals surface area contributed by atoms with Crippen molar-refractivity contribution in [2.45, 2.75) is 71.1 Å². The van der Waals surface area contributed by atoms with Crippen molar-refractivity contribution in [2.24, 2.45) is 0 Å². The molecule has 25 heavy (non-hydrogen) atoms. The Balaban J connectivity index is 0. The molecule has 0 aromatic heterocycles. The second kappa shape index (κ2) is 19.5. The first-order chi connectivity index (χ1) is 11.4. The fourth-order valence-corrected chi connectivity index (χ4v) is 2.30. The summed E-state index contributed by atoms with van der Waals surface area (Å²) in [5.74, 6) is 0.999. The van der Waals surface area contributed by atoms with Crippen molar-refractivity contribution >= 4 is 59.2 Å². The molecule has 1 rings (SSSR count). The fraction of sp³-hybridized carbons (Fsp3) is 0.667. The fourth-order valence-electron chi connectivity index (χ4n) is 2.30. The summed E-state index contributed by atoms with van der Waals surface area (Å²) in [5, 5.41) is 0. The van der Waals surface area contributed by atoms with Crippen molar-refractivity contribution in [1.29, 1.82) is 0 Å². The summed E-state index contributed by atoms with van der Waals surface area (Å²) >= 11 is 0. The van der Waals surface area contributed by atoms with Gasteiger partial charge in [0.25, 0.3) is 0 Å². The Kier molecular flexibility index (Phi) is 21.9. The molecule has 0 aliphatic carbocycles. The molecular formula is C18H34KO5P. The van der Waals surface area contributed by atoms with Gasteiger partial charge in [0.15, 0.2) is 0 Å². The Morgan fingerprint density at radius 1 is 0.800 bits per heavy atom. The minimum atomic E-state index is -4.64. The molecule has 1 aromatic rings. The van der Waals surface area contributed by atoms with Gasteiger partial charge in [-0.3, -0.25) is 0 Å². The van der Waals surface area contributed by atoms with Gasteiger partial charge in [0.05, 0.1) is 6.61 Å². The van der Waals surface area contributed by atoms with E-state index < -0.39 is 7.82 Å². The van der Waals surface area contributed by atoms with E-state index in [2.05, 4.69) is 6.92 Å². The Hall–Kier alpha value is 0.766. The summed E-state index contributed by atoms with van der Waals surface area (Å²) in [6.45, 7) is 3.14. The van der Waals surface area contributed by atoms with E-state index in [1.54, 1.807) is 0 Å². The Morgan fingerprint density at radius 3 is 1.64 bits per heavy atom. The summed E-state index contributed by atoms with van der Waals surface area (Å²) in [4.78, 5) is 21.6. The van der Waals surface area contributed by atoms with Crippen LogP contribution in [0.3, 0.4) is 0 Å². The second-order valence-corrected chi connectivity index (χ2v) is 6.88. The monoisotopic (exact) mass is 400 g/mol. The zero-order valence-electron chi connectivity index (χ0n) is 14.8. The quantitative estimate of drug-likeness (QED) is 0.275. The van der Waals surface area contributed by atoms with E-state index >= 15 is 0 Å². The van der Waals surface area contributed by atoms with E-state index in [1.807, 2.05) is 30.3 Å². The van der Waals surface area contributed by atoms with Crippen LogP contribution >= 0.6 is 7.82 Å². The average Bonchev–Trinajstić information content (AvgIpc) is 2.52. The van der Waals surface area contributed by atoms with Gasteiger partial charge in [0.2, 0.25) is 0 Å². The Labute approximate surface area is 195 Å². The number of para-hydroxylation sites is 1. The van der Waals surface area contributed by atoms with Crippen LogP contribution in [0.1, 0.15) is 71.1 Å². The van der Waals surface area contributed by atoms with Crippen molar-refractivity contribution in [1.82, 2.24) is 0 Å². The molecule has 0 unspecified atom stereocenters. The molecule has 0 saturated carbocycles. The molecule has 0 amide bonds. The normalized spacial score (nSPS) is 10.4. The van der Waals surface area contributed by atoms with Gasteiger partial charge >= 0.3 is 59.2 Å². The number of hydrogen-bond donors (Lipinski definition) is 3. The van der Waals surface area contributed by atoms with Crippen LogP contribution in [0, 0.1) is 0 Å². The first-order valence-corrected chi connectivity index (χ1v) is 10.5. The van der Waals surface area contributed by atoms with Crippen molar-refractivity contribution in [3.8, 4) is 5.75 Å². The van der Waals surface area contributed by atoms with Gasteiger partial charge in [-0.05, 0) is 18.6 Å². The third-order valence-corrected chi connectivity index (χ3v) is 3.51. The van der Waals surface area contributed by atoms with Gasteiger partial charge in [0, 0.05) is 0 Å². The molecular weight excluding hydrogens is 366 g/mol. The van der Waals surface area contributed by atoms with E-state index in [1.165, 1.54) is 64.2 Å². The van der Waals surface area contributed by atoms with E-state index in [0.29, 0.717) is 0 Å². The van der Waals surface area contributed by atoms with Gasteiger partial charge in [-0.2, -0.15) is 0 Å². The van der Waals surface area contributed by atoms with Crippen molar-refractivity contribution in [3.63, 3.8) is 0 Å². The third-order valence-electron chi connectivity index (χ3n) is 3.51. The molecule has 0 atom stereocenters. The van der Waals surface area contributed by atoms with Crippen LogP contribution in [0.2, 0.25) is 0 Å². The first kappa shape index (κ1) is 28.0. The molecule has 0 spiro atoms. The number of rotatable bonds is 12. The van der Waals surface area contributed by atoms with Gasteiger partial charge < -0.3 is 19.4 Å². The maximum absolute atomic E-state index is 8.88. The predicted octanol–water partition coefficient (Wildman–Crippen LogP) is 4.41. The standard InChI is InChI=1S/C18H30O.K.H3O4P.H/c1-2-3-4-5-6-7-8-9-10-14-17-19-18-15-12-11-13-16-18;;1-5(2,3)4;/h11-13,15-16H,2-10,14,17H2,1H3;;(H3,1,2,3,4);. The molecule has 0 aliphatic heterocycles. The zero-order chi connectivity index (χ0) is 18.1. The van der Waals surface area contributed by atoms with Gasteiger partial charge in [-0.1, -0.05) is 82.9 Å². The van der Waals surface area contributed by atoms with E-state index in [9.17, 15) is 0 Å². The Morgan fingerprint density at radius 2 is 1.20 bits per heavy atom. The van der Waals surface area contributed by atoms with Crippen LogP contribution in [0.4, 0.5) is 0 Å². The molecule has 0 aliphatic rings. The number of ether oxygens (including phenoxy) is 1. The van der Waals surface area contributed by atoms with Crippen LogP contribution in [-0.4, -0.2) is 72.7 Å². The summed E-state index contributed by atoms with van der Waals surface area (Å²) in [7, 11) is -4.64.